The van der Waals surface area contributed by atoms with Gasteiger partial charge in [-0.1, -0.05) is 18.7 Å². The summed E-state index contributed by atoms with van der Waals surface area (Å²) in [5.74, 6) is 0. The zero-order chi connectivity index (χ0) is 5.54. The van der Waals surface area contributed by atoms with Crippen LogP contribution in [0.1, 0.15) is 1.37 Å². The molecule has 32 valence electrons. The van der Waals surface area contributed by atoms with Crippen molar-refractivity contribution in [2.24, 2.45) is 0 Å². The third-order valence-electron chi connectivity index (χ3n) is 0.301. The monoisotopic (exact) mass is 83.0 g/mol. The summed E-state index contributed by atoms with van der Waals surface area (Å²) < 4.78 is 6.43. The summed E-state index contributed by atoms with van der Waals surface area (Å²) in [6.07, 6.45) is 4.96. The third-order valence-corrected chi connectivity index (χ3v) is 0.301. The average molecular weight is 83.1 g/mol. The van der Waals surface area contributed by atoms with Crippen molar-refractivity contribution >= 4 is 6.29 Å². The van der Waals surface area contributed by atoms with Crippen molar-refractivity contribution in [3.63, 3.8) is 0 Å². The van der Waals surface area contributed by atoms with E-state index >= 15 is 0 Å². The highest BCUT2D eigenvalue weighted by atomic mass is 16.1. The number of hydrogen-bond acceptors (Lipinski definition) is 1. The highest BCUT2D eigenvalue weighted by Gasteiger charge is 1.52. The fourth-order valence-corrected chi connectivity index (χ4v) is 0.110. The molecule has 0 heterocycles. The smallest absolute Gasteiger partial charge is 0.142 e. The summed E-state index contributed by atoms with van der Waals surface area (Å²) in [7, 11) is 0. The van der Waals surface area contributed by atoms with Crippen LogP contribution >= 0.6 is 0 Å². The molecule has 1 heteroatoms. The second-order valence-electron chi connectivity index (χ2n) is 0.713. The largest absolute Gasteiger partial charge is 0.299 e. The summed E-state index contributed by atoms with van der Waals surface area (Å²) in [6, 6.07) is 0. The van der Waals surface area contributed by atoms with Crippen LogP contribution in [-0.4, -0.2) is 6.29 Å². The van der Waals surface area contributed by atoms with Crippen LogP contribution in [0.15, 0.2) is 24.8 Å². The normalized spacial score (nSPS) is 13.0. The van der Waals surface area contributed by atoms with Crippen molar-refractivity contribution < 1.29 is 6.17 Å². The number of carbonyl (C=O) groups is 1. The highest BCUT2D eigenvalue weighted by molar-refractivity contribution is 5.65. The zero-order valence-electron chi connectivity index (χ0n) is 4.29. The summed E-state index contributed by atoms with van der Waals surface area (Å²) in [5.41, 5.74) is 0. The molecular weight excluding hydrogens is 76.1 g/mol. The Morgan fingerprint density at radius 3 is 3.00 bits per heavy atom. The predicted molar refractivity (Wildman–Crippen MR) is 25.4 cm³/mol. The molecule has 0 rings (SSSR count). The van der Waals surface area contributed by atoms with Gasteiger partial charge in [0, 0.05) is 0 Å². The Morgan fingerprint density at radius 2 is 2.50 bits per heavy atom. The summed E-state index contributed by atoms with van der Waals surface area (Å²) in [6.45, 7) is 1.11. The van der Waals surface area contributed by atoms with Crippen LogP contribution in [-0.2, 0) is 4.79 Å². The summed E-state index contributed by atoms with van der Waals surface area (Å²) >= 11 is 0. The molecule has 0 atom stereocenters. The van der Waals surface area contributed by atoms with E-state index in [4.69, 9.17) is 1.37 Å². The van der Waals surface area contributed by atoms with E-state index in [2.05, 4.69) is 0 Å². The number of carbonyl (C=O) groups excluding carboxylic acids is 1. The van der Waals surface area contributed by atoms with E-state index < -0.39 is 0 Å². The Hall–Kier alpha value is -0.850. The van der Waals surface area contributed by atoms with Gasteiger partial charge in [0.2, 0.25) is 0 Å². The summed E-state index contributed by atoms with van der Waals surface area (Å²) in [4.78, 5) is 9.50. The molecular formula is C5H6O. The van der Waals surface area contributed by atoms with E-state index in [9.17, 15) is 4.79 Å². The number of aldehydes is 1. The standard InChI is InChI=1S/C5H6O/c1-2-3-4-5-6/h2-5H,1H2/b4-3-/i1D/b2-1?,4-3-. The minimum Gasteiger partial charge on any atom is -0.299 e. The topological polar surface area (TPSA) is 17.1 Å². The number of hydrogen-bond donors (Lipinski definition) is 0. The number of rotatable bonds is 2. The minimum atomic E-state index is 0.667. The Labute approximate surface area is 38.4 Å². The van der Waals surface area contributed by atoms with Gasteiger partial charge in [-0.25, -0.2) is 0 Å². The van der Waals surface area contributed by atoms with Gasteiger partial charge in [-0.15, -0.1) is 0 Å². The molecule has 6 heavy (non-hydrogen) atoms. The Kier molecular flexibility index (Phi) is 2.31. The van der Waals surface area contributed by atoms with Crippen molar-refractivity contribution in [3.8, 4) is 0 Å². The summed E-state index contributed by atoms with van der Waals surface area (Å²) in [5, 5.41) is 0. The molecule has 1 nitrogen and oxygen atoms in total. The van der Waals surface area contributed by atoms with Crippen LogP contribution in [0.4, 0.5) is 0 Å². The van der Waals surface area contributed by atoms with E-state index in [0.29, 0.717) is 6.29 Å². The molecule has 0 saturated carbocycles. The van der Waals surface area contributed by atoms with Crippen LogP contribution in [0.2, 0.25) is 0 Å². The van der Waals surface area contributed by atoms with Crippen LogP contribution in [0, 0.1) is 0 Å². The van der Waals surface area contributed by atoms with Gasteiger partial charge in [-0.3, -0.25) is 4.79 Å². The first-order chi connectivity index (χ1) is 3.41. The molecule has 0 amide bonds. The van der Waals surface area contributed by atoms with Gasteiger partial charge in [-0.05, 0) is 6.08 Å². The van der Waals surface area contributed by atoms with E-state index in [1.165, 1.54) is 18.2 Å². The molecule has 0 radical (unpaired) electrons. The van der Waals surface area contributed by atoms with Crippen molar-refractivity contribution in [1.82, 2.24) is 0 Å². The number of allylic oxidation sites excluding steroid dienone is 3. The fraction of sp³-hybridized carbons (Fsp3) is 0. The highest BCUT2D eigenvalue weighted by Crippen LogP contribution is 1.63. The predicted octanol–water partition coefficient (Wildman–Crippen LogP) is 0.927. The van der Waals surface area contributed by atoms with Crippen molar-refractivity contribution in [1.29, 1.82) is 0 Å². The van der Waals surface area contributed by atoms with Crippen LogP contribution in [0.3, 0.4) is 0 Å². The minimum absolute atomic E-state index is 0.667. The SMILES string of the molecule is [2H]C=C/C=C\C=O. The molecule has 0 aliphatic rings. The van der Waals surface area contributed by atoms with Crippen LogP contribution in [0.5, 0.6) is 0 Å². The molecule has 0 N–H and O–H groups in total. The van der Waals surface area contributed by atoms with E-state index in [1.54, 1.807) is 0 Å². The van der Waals surface area contributed by atoms with Crippen LogP contribution < -0.4 is 0 Å². The first kappa shape index (κ1) is 3.34. The second-order valence-corrected chi connectivity index (χ2v) is 0.713. The van der Waals surface area contributed by atoms with Crippen molar-refractivity contribution in [3.05, 3.63) is 24.8 Å². The molecule has 0 bridgehead atoms. The Bertz CT molecular complexity index is 94.3. The zero-order valence-corrected chi connectivity index (χ0v) is 3.29. The van der Waals surface area contributed by atoms with Crippen molar-refractivity contribution in [2.45, 2.75) is 0 Å². The Morgan fingerprint density at radius 1 is 1.67 bits per heavy atom. The molecule has 0 aromatic rings. The first-order valence-corrected chi connectivity index (χ1v) is 1.57. The molecule has 0 aromatic heterocycles. The van der Waals surface area contributed by atoms with Gasteiger partial charge in [0.05, 0.1) is 1.37 Å². The van der Waals surface area contributed by atoms with Crippen LogP contribution in [0.25, 0.3) is 0 Å². The first-order valence-electron chi connectivity index (χ1n) is 2.15. The maximum absolute atomic E-state index is 9.50. The van der Waals surface area contributed by atoms with E-state index in [1.807, 2.05) is 0 Å². The fourth-order valence-electron chi connectivity index (χ4n) is 0.110. The van der Waals surface area contributed by atoms with Gasteiger partial charge >= 0.3 is 0 Å². The molecule has 0 fully saturated rings. The third kappa shape index (κ3) is 3.15. The molecule has 0 aliphatic heterocycles. The van der Waals surface area contributed by atoms with E-state index in [-0.39, 0.29) is 0 Å². The maximum Gasteiger partial charge on any atom is 0.142 e. The van der Waals surface area contributed by atoms with Gasteiger partial charge in [-0.2, -0.15) is 0 Å². The average Bonchev–Trinajstić information content (AvgIpc) is 1.69. The lowest BCUT2D eigenvalue weighted by atomic mass is 10.5. The van der Waals surface area contributed by atoms with Gasteiger partial charge in [0.1, 0.15) is 6.29 Å². The second kappa shape index (κ2) is 4.15. The molecule has 0 unspecified atom stereocenters. The van der Waals surface area contributed by atoms with E-state index in [0.717, 1.165) is 6.55 Å². The molecule has 0 aromatic carbocycles. The van der Waals surface area contributed by atoms with Gasteiger partial charge in [0.15, 0.2) is 0 Å². The van der Waals surface area contributed by atoms with Gasteiger partial charge in [0.25, 0.3) is 0 Å². The molecule has 0 saturated heterocycles. The lowest BCUT2D eigenvalue weighted by molar-refractivity contribution is -0.104. The molecule has 0 aliphatic carbocycles. The lowest BCUT2D eigenvalue weighted by Crippen LogP contribution is -1.52. The quantitative estimate of drug-likeness (QED) is 0.276. The molecule has 0 spiro atoms. The maximum atomic E-state index is 9.50. The van der Waals surface area contributed by atoms with Crippen molar-refractivity contribution in [2.75, 3.05) is 0 Å². The lowest BCUT2D eigenvalue weighted by Gasteiger charge is -1.56. The van der Waals surface area contributed by atoms with Gasteiger partial charge < -0.3 is 0 Å². The Balaban J connectivity index is 3.27.